The van der Waals surface area contributed by atoms with Crippen LogP contribution in [0, 0.1) is 17.2 Å². The molecule has 0 amide bonds. The van der Waals surface area contributed by atoms with Crippen LogP contribution in [-0.4, -0.2) is 28.6 Å². The van der Waals surface area contributed by atoms with Gasteiger partial charge in [0.25, 0.3) is 0 Å². The first kappa shape index (κ1) is 17.4. The molecule has 2 aromatic heterocycles. The summed E-state index contributed by atoms with van der Waals surface area (Å²) in [4.78, 5) is 12.1. The van der Waals surface area contributed by atoms with Crippen molar-refractivity contribution in [2.75, 3.05) is 30.0 Å². The van der Waals surface area contributed by atoms with Crippen molar-refractivity contribution in [1.29, 1.82) is 5.26 Å². The molecule has 0 radical (unpaired) electrons. The summed E-state index contributed by atoms with van der Waals surface area (Å²) >= 11 is 0. The number of nitriles is 1. The highest BCUT2D eigenvalue weighted by Gasteiger charge is 2.15. The first-order valence-electron chi connectivity index (χ1n) is 8.25. The van der Waals surface area contributed by atoms with E-state index in [-0.39, 0.29) is 0 Å². The standard InChI is InChI=1S/C18H21N7O/c1-10(2)8-21-16-15-11(7-19)9-22-17(15)25-18(24-16)23-13-5-4-12(20)6-14(13)26-3/h4-6,9-10H,8,20H2,1-3H3,(H3,21,22,23,24,25). The molecule has 8 nitrogen and oxygen atoms in total. The van der Waals surface area contributed by atoms with Crippen molar-refractivity contribution >= 4 is 34.2 Å². The fourth-order valence-electron chi connectivity index (χ4n) is 2.54. The predicted molar refractivity (Wildman–Crippen MR) is 103 cm³/mol. The summed E-state index contributed by atoms with van der Waals surface area (Å²) in [5.74, 6) is 2.02. The third-order valence-corrected chi connectivity index (χ3v) is 3.80. The largest absolute Gasteiger partial charge is 0.494 e. The number of anilines is 4. The summed E-state index contributed by atoms with van der Waals surface area (Å²) in [6.07, 6.45) is 1.63. The Hall–Kier alpha value is -3.47. The molecule has 0 bridgehead atoms. The summed E-state index contributed by atoms with van der Waals surface area (Å²) in [6.45, 7) is 4.94. The molecule has 0 saturated heterocycles. The van der Waals surface area contributed by atoms with Gasteiger partial charge in [-0.3, -0.25) is 0 Å². The molecule has 3 rings (SSSR count). The molecular formula is C18H21N7O. The topological polar surface area (TPSA) is 125 Å². The normalized spacial score (nSPS) is 10.7. The van der Waals surface area contributed by atoms with Crippen molar-refractivity contribution in [3.63, 3.8) is 0 Å². The number of nitrogens with one attached hydrogen (secondary N) is 3. The Morgan fingerprint density at radius 1 is 1.35 bits per heavy atom. The van der Waals surface area contributed by atoms with E-state index in [9.17, 15) is 5.26 Å². The lowest BCUT2D eigenvalue weighted by atomic mass is 10.2. The average Bonchev–Trinajstić information content (AvgIpc) is 3.04. The Labute approximate surface area is 151 Å². The van der Waals surface area contributed by atoms with Crippen molar-refractivity contribution in [3.05, 3.63) is 30.0 Å². The monoisotopic (exact) mass is 351 g/mol. The minimum absolute atomic E-state index is 0.387. The zero-order chi connectivity index (χ0) is 18.7. The van der Waals surface area contributed by atoms with Gasteiger partial charge in [-0.1, -0.05) is 13.8 Å². The van der Waals surface area contributed by atoms with Gasteiger partial charge < -0.3 is 26.1 Å². The number of nitrogens with two attached hydrogens (primary N) is 1. The first-order valence-corrected chi connectivity index (χ1v) is 8.25. The van der Waals surface area contributed by atoms with Crippen molar-refractivity contribution in [1.82, 2.24) is 15.0 Å². The van der Waals surface area contributed by atoms with E-state index in [2.05, 4.69) is 45.5 Å². The zero-order valence-electron chi connectivity index (χ0n) is 14.9. The molecule has 0 atom stereocenters. The molecule has 0 spiro atoms. The molecule has 0 aliphatic carbocycles. The lowest BCUT2D eigenvalue weighted by Gasteiger charge is -2.13. The summed E-state index contributed by atoms with van der Waals surface area (Å²) in [5, 5.41) is 16.5. The number of benzene rings is 1. The van der Waals surface area contributed by atoms with Crippen LogP contribution < -0.4 is 21.1 Å². The number of hydrogen-bond donors (Lipinski definition) is 4. The maximum atomic E-state index is 9.33. The SMILES string of the molecule is COc1cc(N)ccc1Nc1nc(NCC(C)C)c2c(C#N)c[nH]c2n1. The molecule has 2 heterocycles. The van der Waals surface area contributed by atoms with E-state index in [1.807, 2.05) is 0 Å². The quantitative estimate of drug-likeness (QED) is 0.502. The van der Waals surface area contributed by atoms with Crippen molar-refractivity contribution in [2.45, 2.75) is 13.8 Å². The van der Waals surface area contributed by atoms with Crippen LogP contribution in [0.3, 0.4) is 0 Å². The molecule has 26 heavy (non-hydrogen) atoms. The van der Waals surface area contributed by atoms with E-state index < -0.39 is 0 Å². The molecule has 134 valence electrons. The molecule has 8 heteroatoms. The van der Waals surface area contributed by atoms with Crippen LogP contribution >= 0.6 is 0 Å². The molecule has 0 aliphatic heterocycles. The van der Waals surface area contributed by atoms with Gasteiger partial charge in [-0.15, -0.1) is 0 Å². The van der Waals surface area contributed by atoms with E-state index in [4.69, 9.17) is 10.5 Å². The van der Waals surface area contributed by atoms with Crippen molar-refractivity contribution < 1.29 is 4.74 Å². The number of aromatic amines is 1. The molecule has 0 saturated carbocycles. The van der Waals surface area contributed by atoms with Crippen molar-refractivity contribution in [3.8, 4) is 11.8 Å². The van der Waals surface area contributed by atoms with Crippen LogP contribution in [0.4, 0.5) is 23.1 Å². The number of ether oxygens (including phenoxy) is 1. The second kappa shape index (κ2) is 7.19. The lowest BCUT2D eigenvalue weighted by Crippen LogP contribution is -2.11. The summed E-state index contributed by atoms with van der Waals surface area (Å²) in [7, 11) is 1.57. The summed E-state index contributed by atoms with van der Waals surface area (Å²) in [5.41, 5.74) is 8.18. The number of hydrogen-bond acceptors (Lipinski definition) is 7. The molecule has 0 unspecified atom stereocenters. The van der Waals surface area contributed by atoms with Gasteiger partial charge in [0.05, 0.1) is 23.7 Å². The van der Waals surface area contributed by atoms with Gasteiger partial charge in [-0.2, -0.15) is 15.2 Å². The smallest absolute Gasteiger partial charge is 0.231 e. The third-order valence-electron chi connectivity index (χ3n) is 3.80. The highest BCUT2D eigenvalue weighted by atomic mass is 16.5. The predicted octanol–water partition coefficient (Wildman–Crippen LogP) is 3.23. The lowest BCUT2D eigenvalue weighted by molar-refractivity contribution is 0.417. The van der Waals surface area contributed by atoms with Crippen molar-refractivity contribution in [2.24, 2.45) is 5.92 Å². The average molecular weight is 351 g/mol. The molecule has 0 aliphatic rings. The van der Waals surface area contributed by atoms with E-state index in [0.717, 1.165) is 6.54 Å². The maximum absolute atomic E-state index is 9.33. The van der Waals surface area contributed by atoms with E-state index >= 15 is 0 Å². The van der Waals surface area contributed by atoms with Crippen LogP contribution in [0.15, 0.2) is 24.4 Å². The first-order chi connectivity index (χ1) is 12.5. The second-order valence-electron chi connectivity index (χ2n) is 6.29. The van der Waals surface area contributed by atoms with Crippen LogP contribution in [0.1, 0.15) is 19.4 Å². The van der Waals surface area contributed by atoms with Gasteiger partial charge in [0.1, 0.15) is 23.3 Å². The number of methoxy groups -OCH3 is 1. The number of rotatable bonds is 6. The van der Waals surface area contributed by atoms with Gasteiger partial charge in [0, 0.05) is 24.5 Å². The van der Waals surface area contributed by atoms with E-state index in [1.54, 1.807) is 31.5 Å². The highest BCUT2D eigenvalue weighted by Crippen LogP contribution is 2.31. The van der Waals surface area contributed by atoms with Gasteiger partial charge >= 0.3 is 0 Å². The number of H-pyrrole nitrogens is 1. The van der Waals surface area contributed by atoms with E-state index in [1.165, 1.54) is 0 Å². The fourth-order valence-corrected chi connectivity index (χ4v) is 2.54. The fraction of sp³-hybridized carbons (Fsp3) is 0.278. The Bertz CT molecular complexity index is 972. The number of aromatic nitrogens is 3. The molecule has 3 aromatic rings. The molecule has 1 aromatic carbocycles. The molecule has 0 fully saturated rings. The Morgan fingerprint density at radius 2 is 2.15 bits per heavy atom. The Kier molecular flexibility index (Phi) is 4.80. The van der Waals surface area contributed by atoms with E-state index in [0.29, 0.717) is 51.4 Å². The number of fused-ring (bicyclic) bond motifs is 1. The van der Waals surface area contributed by atoms with Crippen LogP contribution in [0.5, 0.6) is 5.75 Å². The van der Waals surface area contributed by atoms with Crippen LogP contribution in [-0.2, 0) is 0 Å². The zero-order valence-corrected chi connectivity index (χ0v) is 14.9. The number of nitrogens with zero attached hydrogens (tertiary/aromatic N) is 3. The van der Waals surface area contributed by atoms with Crippen LogP contribution in [0.25, 0.3) is 11.0 Å². The van der Waals surface area contributed by atoms with Crippen LogP contribution in [0.2, 0.25) is 0 Å². The summed E-state index contributed by atoms with van der Waals surface area (Å²) < 4.78 is 5.35. The van der Waals surface area contributed by atoms with Gasteiger partial charge in [-0.05, 0) is 18.1 Å². The molecular weight excluding hydrogens is 330 g/mol. The minimum Gasteiger partial charge on any atom is -0.494 e. The third kappa shape index (κ3) is 3.47. The summed E-state index contributed by atoms with van der Waals surface area (Å²) in [6, 6.07) is 7.46. The Balaban J connectivity index is 2.03. The van der Waals surface area contributed by atoms with Gasteiger partial charge in [-0.25, -0.2) is 0 Å². The minimum atomic E-state index is 0.387. The maximum Gasteiger partial charge on any atom is 0.231 e. The highest BCUT2D eigenvalue weighted by molar-refractivity contribution is 5.93. The molecule has 5 N–H and O–H groups in total. The number of nitrogen functional groups attached to an aromatic ring is 1. The Morgan fingerprint density at radius 3 is 2.85 bits per heavy atom. The van der Waals surface area contributed by atoms with Gasteiger partial charge in [0.2, 0.25) is 5.95 Å². The second-order valence-corrected chi connectivity index (χ2v) is 6.29. The van der Waals surface area contributed by atoms with Gasteiger partial charge in [0.15, 0.2) is 0 Å².